The molecule has 0 N–H and O–H groups in total. The van der Waals surface area contributed by atoms with E-state index in [0.717, 1.165) is 0 Å². The first-order chi connectivity index (χ1) is 12.7. The molecule has 0 bridgehead atoms. The average molecular weight is 412 g/mol. The number of rotatable bonds is 7. The number of benzene rings is 1. The molecule has 0 amide bonds. The molecule has 0 heterocycles. The summed E-state index contributed by atoms with van der Waals surface area (Å²) in [6.45, 7) is 8.18. The lowest BCUT2D eigenvalue weighted by atomic mass is 9.94. The van der Waals surface area contributed by atoms with E-state index in [1.807, 2.05) is 0 Å². The van der Waals surface area contributed by atoms with Gasteiger partial charge in [-0.25, -0.2) is 18.0 Å². The van der Waals surface area contributed by atoms with Crippen LogP contribution in [0.5, 0.6) is 5.75 Å². The van der Waals surface area contributed by atoms with Crippen LogP contribution >= 0.6 is 0 Å². The summed E-state index contributed by atoms with van der Waals surface area (Å²) in [5.74, 6) is -16.9. The summed E-state index contributed by atoms with van der Waals surface area (Å²) in [4.78, 5) is 33.5. The Morgan fingerprint density at radius 1 is 0.893 bits per heavy atom. The largest absolute Gasteiger partial charge is 0.420 e. The molecule has 28 heavy (non-hydrogen) atoms. The smallest absolute Gasteiger partial charge is 0.343 e. The van der Waals surface area contributed by atoms with Gasteiger partial charge in [0.2, 0.25) is 34.8 Å². The fraction of sp³-hybridized carbons (Fsp3) is 0.556. The highest BCUT2D eigenvalue weighted by Crippen LogP contribution is 2.30. The third kappa shape index (κ3) is 6.43. The van der Waals surface area contributed by atoms with Crippen LogP contribution in [0.4, 0.5) is 22.0 Å². The maximum absolute atomic E-state index is 13.7. The van der Waals surface area contributed by atoms with Gasteiger partial charge < -0.3 is 4.74 Å². The summed E-state index contributed by atoms with van der Waals surface area (Å²) in [6.07, 6.45) is -0.554. The second kappa shape index (κ2) is 9.31. The van der Waals surface area contributed by atoms with Gasteiger partial charge in [-0.05, 0) is 33.1 Å². The minimum atomic E-state index is -2.38. The third-order valence-corrected chi connectivity index (χ3v) is 3.26. The van der Waals surface area contributed by atoms with Crippen LogP contribution in [0.3, 0.4) is 0 Å². The first-order valence-corrected chi connectivity index (χ1v) is 8.36. The van der Waals surface area contributed by atoms with Crippen LogP contribution in [0, 0.1) is 40.9 Å². The second-order valence-electron chi connectivity index (χ2n) is 7.50. The van der Waals surface area contributed by atoms with Crippen LogP contribution in [0.1, 0.15) is 47.5 Å². The van der Waals surface area contributed by atoms with Gasteiger partial charge in [-0.15, -0.1) is 0 Å². The molecule has 0 aliphatic heterocycles. The van der Waals surface area contributed by atoms with E-state index in [1.165, 1.54) is 0 Å². The average Bonchev–Trinajstić information content (AvgIpc) is 2.58. The molecule has 0 saturated heterocycles. The van der Waals surface area contributed by atoms with Crippen molar-refractivity contribution in [3.8, 4) is 5.75 Å². The molecular formula is C18H21F5O5. The molecule has 0 aliphatic rings. The van der Waals surface area contributed by atoms with E-state index < -0.39 is 64.7 Å². The van der Waals surface area contributed by atoms with E-state index in [2.05, 4.69) is 9.62 Å². The maximum Gasteiger partial charge on any atom is 0.343 e. The van der Waals surface area contributed by atoms with Gasteiger partial charge in [0, 0.05) is 0 Å². The molecule has 0 saturated carbocycles. The van der Waals surface area contributed by atoms with Crippen molar-refractivity contribution in [2.75, 3.05) is 0 Å². The first-order valence-electron chi connectivity index (χ1n) is 8.36. The summed E-state index contributed by atoms with van der Waals surface area (Å²) in [5.41, 5.74) is -0.820. The molecule has 0 spiro atoms. The van der Waals surface area contributed by atoms with Gasteiger partial charge in [-0.3, -0.25) is 9.68 Å². The molecule has 0 aliphatic carbocycles. The van der Waals surface area contributed by atoms with Gasteiger partial charge in [-0.1, -0.05) is 13.8 Å². The van der Waals surface area contributed by atoms with Crippen LogP contribution in [0.15, 0.2) is 0 Å². The highest BCUT2D eigenvalue weighted by molar-refractivity contribution is 5.81. The highest BCUT2D eigenvalue weighted by atomic mass is 19.2. The summed E-state index contributed by atoms with van der Waals surface area (Å²) in [6, 6.07) is 0. The molecule has 1 rings (SSSR count). The summed E-state index contributed by atoms with van der Waals surface area (Å²) in [5, 5.41) is 0. The number of hydrogen-bond donors (Lipinski definition) is 0. The van der Waals surface area contributed by atoms with E-state index in [-0.39, 0.29) is 12.3 Å². The Hall–Kier alpha value is -2.23. The number of ether oxygens (including phenoxy) is 1. The Balaban J connectivity index is 3.02. The van der Waals surface area contributed by atoms with Crippen molar-refractivity contribution in [1.29, 1.82) is 0 Å². The number of hydrogen-bond acceptors (Lipinski definition) is 5. The van der Waals surface area contributed by atoms with Gasteiger partial charge in [0.1, 0.15) is 5.60 Å². The Morgan fingerprint density at radius 3 is 1.79 bits per heavy atom. The molecule has 0 fully saturated rings. The molecule has 1 aromatic rings. The summed E-state index contributed by atoms with van der Waals surface area (Å²) >= 11 is 0. The van der Waals surface area contributed by atoms with Crippen LogP contribution in [-0.4, -0.2) is 17.5 Å². The van der Waals surface area contributed by atoms with Crippen molar-refractivity contribution in [2.24, 2.45) is 11.8 Å². The number of esters is 1. The van der Waals surface area contributed by atoms with E-state index >= 15 is 0 Å². The second-order valence-corrected chi connectivity index (χ2v) is 7.50. The van der Waals surface area contributed by atoms with Crippen LogP contribution in [0.25, 0.3) is 0 Å². The quantitative estimate of drug-likeness (QED) is 0.124. The molecule has 158 valence electrons. The summed E-state index contributed by atoms with van der Waals surface area (Å²) in [7, 11) is 0. The van der Waals surface area contributed by atoms with E-state index in [1.54, 1.807) is 34.6 Å². The minimum Gasteiger partial charge on any atom is -0.420 e. The van der Waals surface area contributed by atoms with Crippen LogP contribution < -0.4 is 4.74 Å². The lowest BCUT2D eigenvalue weighted by Gasteiger charge is -2.20. The monoisotopic (exact) mass is 412 g/mol. The molecule has 0 radical (unpaired) electrons. The Bertz CT molecular complexity index is 714. The zero-order chi connectivity index (χ0) is 21.8. The predicted molar refractivity (Wildman–Crippen MR) is 86.4 cm³/mol. The Kier molecular flexibility index (Phi) is 7.92. The van der Waals surface area contributed by atoms with E-state index in [0.29, 0.717) is 0 Å². The lowest BCUT2D eigenvalue weighted by molar-refractivity contribution is -0.320. The predicted octanol–water partition coefficient (Wildman–Crippen LogP) is 4.61. The Morgan fingerprint density at radius 2 is 1.36 bits per heavy atom. The van der Waals surface area contributed by atoms with Gasteiger partial charge in [0.25, 0.3) is 0 Å². The molecule has 0 aromatic heterocycles. The molecule has 1 atom stereocenters. The fourth-order valence-electron chi connectivity index (χ4n) is 2.10. The summed E-state index contributed by atoms with van der Waals surface area (Å²) < 4.78 is 71.4. The zero-order valence-corrected chi connectivity index (χ0v) is 16.0. The lowest BCUT2D eigenvalue weighted by Crippen LogP contribution is -2.28. The van der Waals surface area contributed by atoms with Crippen molar-refractivity contribution in [1.82, 2.24) is 0 Å². The molecule has 0 unspecified atom stereocenters. The van der Waals surface area contributed by atoms with Gasteiger partial charge in [0.05, 0.1) is 12.3 Å². The molecule has 5 nitrogen and oxygen atoms in total. The normalized spacial score (nSPS) is 12.8. The molecular weight excluding hydrogens is 391 g/mol. The highest BCUT2D eigenvalue weighted by Gasteiger charge is 2.32. The SMILES string of the molecule is CC(C)C[C@H](CC(=O)OOC(C)(C)C)C(=O)Oc1c(F)c(F)c(F)c(F)c1F. The van der Waals surface area contributed by atoms with Crippen LogP contribution in [-0.2, 0) is 19.4 Å². The fourth-order valence-corrected chi connectivity index (χ4v) is 2.10. The van der Waals surface area contributed by atoms with Gasteiger partial charge >= 0.3 is 11.9 Å². The maximum atomic E-state index is 13.7. The van der Waals surface area contributed by atoms with Crippen molar-refractivity contribution in [2.45, 2.75) is 53.1 Å². The van der Waals surface area contributed by atoms with Crippen LogP contribution in [0.2, 0.25) is 0 Å². The number of carbonyl (C=O) groups is 2. The van der Waals surface area contributed by atoms with Gasteiger partial charge in [0.15, 0.2) is 0 Å². The van der Waals surface area contributed by atoms with Gasteiger partial charge in [-0.2, -0.15) is 13.7 Å². The van der Waals surface area contributed by atoms with Crippen molar-refractivity contribution in [3.05, 3.63) is 29.1 Å². The van der Waals surface area contributed by atoms with Crippen molar-refractivity contribution < 1.29 is 46.1 Å². The van der Waals surface area contributed by atoms with Crippen molar-refractivity contribution in [3.63, 3.8) is 0 Å². The van der Waals surface area contributed by atoms with E-state index in [4.69, 9.17) is 4.89 Å². The standard InChI is InChI=1S/C18H21F5O5/c1-8(2)6-9(7-10(24)27-28-18(3,4)5)17(25)26-16-14(22)12(20)11(19)13(21)15(16)23/h8-9H,6-7H2,1-5H3/t9-/m1/s1. The minimum absolute atomic E-state index is 0.0266. The van der Waals surface area contributed by atoms with E-state index in [9.17, 15) is 31.5 Å². The molecule has 1 aromatic carbocycles. The number of carbonyl (C=O) groups excluding carboxylic acids is 2. The topological polar surface area (TPSA) is 61.8 Å². The van der Waals surface area contributed by atoms with Crippen molar-refractivity contribution >= 4 is 11.9 Å². The third-order valence-electron chi connectivity index (χ3n) is 3.26. The zero-order valence-electron chi connectivity index (χ0n) is 16.0. The Labute approximate surface area is 158 Å². The number of halogens is 5. The molecule has 10 heteroatoms. The first kappa shape index (κ1) is 23.8.